The van der Waals surface area contributed by atoms with E-state index >= 15 is 0 Å². The number of rotatable bonds is 0. The van der Waals surface area contributed by atoms with E-state index < -0.39 is 0 Å². The van der Waals surface area contributed by atoms with E-state index in [0.717, 1.165) is 25.7 Å². The third kappa shape index (κ3) is 2.14. The zero-order valence-corrected chi connectivity index (χ0v) is 13.9. The van der Waals surface area contributed by atoms with E-state index in [-0.39, 0.29) is 33.9 Å². The van der Waals surface area contributed by atoms with Crippen molar-refractivity contribution in [2.45, 2.75) is 85.4 Å². The smallest absolute Gasteiger partial charge is 0.0584 e. The van der Waals surface area contributed by atoms with Crippen molar-refractivity contribution in [3.63, 3.8) is 0 Å². The van der Waals surface area contributed by atoms with E-state index in [1.807, 2.05) is 0 Å². The fraction of sp³-hybridized carbons (Fsp3) is 1.00. The minimum absolute atomic E-state index is 0.148. The van der Waals surface area contributed by atoms with E-state index in [4.69, 9.17) is 0 Å². The summed E-state index contributed by atoms with van der Waals surface area (Å²) in [6.45, 7) is 11.6. The van der Waals surface area contributed by atoms with Crippen molar-refractivity contribution >= 4 is 0 Å². The van der Waals surface area contributed by atoms with Crippen molar-refractivity contribution in [1.82, 2.24) is 0 Å². The lowest BCUT2D eigenvalue weighted by molar-refractivity contribution is -0.225. The molecule has 4 aliphatic rings. The lowest BCUT2D eigenvalue weighted by Gasteiger charge is -2.68. The van der Waals surface area contributed by atoms with Crippen LogP contribution < -0.4 is 0 Å². The Balaban J connectivity index is 2.04. The number of aliphatic hydroxyl groups excluding tert-OH is 2. The fourth-order valence-electron chi connectivity index (χ4n) is 7.41. The average molecular weight is 280 g/mol. The lowest BCUT2D eigenvalue weighted by atomic mass is 9.38. The lowest BCUT2D eigenvalue weighted by Crippen LogP contribution is -2.63. The first-order chi connectivity index (χ1) is 8.97. The molecule has 4 saturated carbocycles. The van der Waals surface area contributed by atoms with E-state index in [2.05, 4.69) is 34.6 Å². The molecule has 2 N–H and O–H groups in total. The molecule has 4 fully saturated rings. The summed E-state index contributed by atoms with van der Waals surface area (Å²) in [5, 5.41) is 21.2. The van der Waals surface area contributed by atoms with Gasteiger partial charge in [0.25, 0.3) is 0 Å². The highest BCUT2D eigenvalue weighted by Gasteiger charge is 2.64. The molecule has 0 unspecified atom stereocenters. The average Bonchev–Trinajstić information content (AvgIpc) is 2.04. The zero-order chi connectivity index (χ0) is 15.0. The molecule has 2 bridgehead atoms. The van der Waals surface area contributed by atoms with E-state index in [1.54, 1.807) is 0 Å². The van der Waals surface area contributed by atoms with Crippen molar-refractivity contribution in [2.24, 2.45) is 27.6 Å². The first-order valence-corrected chi connectivity index (χ1v) is 8.33. The van der Waals surface area contributed by atoms with Gasteiger partial charge in [0.1, 0.15) is 0 Å². The van der Waals surface area contributed by atoms with Crippen molar-refractivity contribution < 1.29 is 10.2 Å². The molecular weight excluding hydrogens is 248 g/mol. The predicted molar refractivity (Wildman–Crippen MR) is 81.3 cm³/mol. The Morgan fingerprint density at radius 3 is 1.95 bits per heavy atom. The summed E-state index contributed by atoms with van der Waals surface area (Å²) in [4.78, 5) is 0. The molecule has 0 saturated heterocycles. The molecular formula is C18H32O2. The maximum Gasteiger partial charge on any atom is 0.0584 e. The highest BCUT2D eigenvalue weighted by atomic mass is 16.3. The fourth-order valence-corrected chi connectivity index (χ4v) is 7.41. The third-order valence-corrected chi connectivity index (χ3v) is 6.51. The van der Waals surface area contributed by atoms with E-state index in [0.29, 0.717) is 5.92 Å². The molecule has 5 atom stereocenters. The Morgan fingerprint density at radius 2 is 1.45 bits per heavy atom. The predicted octanol–water partition coefficient (Wildman–Crippen LogP) is 3.75. The largest absolute Gasteiger partial charge is 0.393 e. The number of hydrogen-bond acceptors (Lipinski definition) is 2. The second kappa shape index (κ2) is 4.01. The van der Waals surface area contributed by atoms with Crippen LogP contribution in [0.15, 0.2) is 0 Å². The van der Waals surface area contributed by atoms with Gasteiger partial charge in [-0.15, -0.1) is 0 Å². The van der Waals surface area contributed by atoms with Gasteiger partial charge in [0.15, 0.2) is 0 Å². The van der Waals surface area contributed by atoms with Gasteiger partial charge in [-0.2, -0.15) is 0 Å². The van der Waals surface area contributed by atoms with Crippen molar-refractivity contribution in [2.75, 3.05) is 0 Å². The van der Waals surface area contributed by atoms with Gasteiger partial charge < -0.3 is 10.2 Å². The van der Waals surface area contributed by atoms with Crippen LogP contribution in [0.25, 0.3) is 0 Å². The Bertz CT molecular complexity index is 407. The van der Waals surface area contributed by atoms with Crippen LogP contribution in [-0.4, -0.2) is 22.4 Å². The molecule has 0 aromatic carbocycles. The molecule has 116 valence electrons. The molecule has 0 aromatic heterocycles. The number of hydrogen-bond donors (Lipinski definition) is 2. The van der Waals surface area contributed by atoms with E-state index in [9.17, 15) is 10.2 Å². The SMILES string of the molecule is CC1(C)C[C@H](O)C[C@]2(C1)C[C@@]1(C)C[C@@H](O)[C@@H]2C(C)(C)C1. The van der Waals surface area contributed by atoms with Gasteiger partial charge in [-0.1, -0.05) is 34.6 Å². The minimum Gasteiger partial charge on any atom is -0.393 e. The van der Waals surface area contributed by atoms with Crippen LogP contribution in [0, 0.1) is 27.6 Å². The Hall–Kier alpha value is -0.0800. The molecule has 4 aliphatic carbocycles. The Labute approximate surface area is 124 Å². The first kappa shape index (κ1) is 14.8. The normalized spacial score (nSPS) is 53.2. The molecule has 0 amide bonds. The second-order valence-corrected chi connectivity index (χ2v) is 10.2. The van der Waals surface area contributed by atoms with Gasteiger partial charge in [-0.25, -0.2) is 0 Å². The van der Waals surface area contributed by atoms with Crippen LogP contribution in [0.3, 0.4) is 0 Å². The van der Waals surface area contributed by atoms with Crippen molar-refractivity contribution in [1.29, 1.82) is 0 Å². The first-order valence-electron chi connectivity index (χ1n) is 8.33. The van der Waals surface area contributed by atoms with Crippen LogP contribution in [0.1, 0.15) is 73.1 Å². The van der Waals surface area contributed by atoms with Gasteiger partial charge in [0, 0.05) is 0 Å². The van der Waals surface area contributed by atoms with Crippen LogP contribution >= 0.6 is 0 Å². The molecule has 1 spiro atoms. The van der Waals surface area contributed by atoms with Crippen molar-refractivity contribution in [3.05, 3.63) is 0 Å². The molecule has 4 rings (SSSR count). The van der Waals surface area contributed by atoms with E-state index in [1.165, 1.54) is 12.8 Å². The van der Waals surface area contributed by atoms with Gasteiger partial charge in [0.2, 0.25) is 0 Å². The molecule has 0 heterocycles. The molecule has 0 radical (unpaired) electrons. The topological polar surface area (TPSA) is 40.5 Å². The number of fused-ring (bicyclic) bond motifs is 2. The zero-order valence-electron chi connectivity index (χ0n) is 13.9. The summed E-state index contributed by atoms with van der Waals surface area (Å²) in [6, 6.07) is 0. The van der Waals surface area contributed by atoms with Crippen LogP contribution in [-0.2, 0) is 0 Å². The van der Waals surface area contributed by atoms with Gasteiger partial charge in [-0.3, -0.25) is 0 Å². The summed E-state index contributed by atoms with van der Waals surface area (Å²) in [6.07, 6.45) is 5.98. The summed E-state index contributed by atoms with van der Waals surface area (Å²) >= 11 is 0. The molecule has 2 heteroatoms. The molecule has 20 heavy (non-hydrogen) atoms. The summed E-state index contributed by atoms with van der Waals surface area (Å²) in [7, 11) is 0. The van der Waals surface area contributed by atoms with Crippen LogP contribution in [0.4, 0.5) is 0 Å². The van der Waals surface area contributed by atoms with Crippen molar-refractivity contribution in [3.8, 4) is 0 Å². The molecule has 2 nitrogen and oxygen atoms in total. The Kier molecular flexibility index (Phi) is 2.98. The van der Waals surface area contributed by atoms with Gasteiger partial charge >= 0.3 is 0 Å². The quantitative estimate of drug-likeness (QED) is 0.709. The van der Waals surface area contributed by atoms with Crippen LogP contribution in [0.5, 0.6) is 0 Å². The highest BCUT2D eigenvalue weighted by Crippen LogP contribution is 2.70. The number of aliphatic hydroxyl groups is 2. The standard InChI is InChI=1S/C18H32O2/c1-15(2)6-12(19)7-18(9-15)11-17(5)8-13(20)14(18)16(3,4)10-17/h12-14,19-20H,6-11H2,1-5H3/t12-,13+,14+,17-,18-/m0/s1. The summed E-state index contributed by atoms with van der Waals surface area (Å²) in [5.41, 5.74) is 0.791. The minimum atomic E-state index is -0.190. The monoisotopic (exact) mass is 280 g/mol. The third-order valence-electron chi connectivity index (χ3n) is 6.51. The highest BCUT2D eigenvalue weighted by molar-refractivity contribution is 5.14. The molecule has 0 aliphatic heterocycles. The maximum atomic E-state index is 10.8. The molecule has 0 aromatic rings. The van der Waals surface area contributed by atoms with Gasteiger partial charge in [-0.05, 0) is 66.1 Å². The second-order valence-electron chi connectivity index (χ2n) is 10.2. The van der Waals surface area contributed by atoms with Gasteiger partial charge in [0.05, 0.1) is 12.2 Å². The van der Waals surface area contributed by atoms with Crippen LogP contribution in [0.2, 0.25) is 0 Å². The summed E-state index contributed by atoms with van der Waals surface area (Å²) in [5.74, 6) is 0.353. The Morgan fingerprint density at radius 1 is 0.800 bits per heavy atom. The maximum absolute atomic E-state index is 10.8. The summed E-state index contributed by atoms with van der Waals surface area (Å²) < 4.78 is 0.